The Morgan fingerprint density at radius 3 is 2.59 bits per heavy atom. The molecule has 0 bridgehead atoms. The van der Waals surface area contributed by atoms with E-state index in [1.54, 1.807) is 19.2 Å². The molecule has 7 N–H and O–H groups in total. The number of ether oxygens (including phenoxy) is 1. The van der Waals surface area contributed by atoms with Gasteiger partial charge in [-0.2, -0.15) is 0 Å². The number of hydrogen-bond acceptors (Lipinski definition) is 12. The van der Waals surface area contributed by atoms with Gasteiger partial charge in [0.1, 0.15) is 71.7 Å². The summed E-state index contributed by atoms with van der Waals surface area (Å²) in [4.78, 5) is 30.3. The molecule has 262 valence electrons. The van der Waals surface area contributed by atoms with Gasteiger partial charge in [0.05, 0.1) is 17.6 Å². The van der Waals surface area contributed by atoms with E-state index in [2.05, 4.69) is 11.9 Å². The fourth-order valence-electron chi connectivity index (χ4n) is 6.84. The van der Waals surface area contributed by atoms with Crippen molar-refractivity contribution in [2.24, 2.45) is 4.99 Å². The SMILES string of the molecule is CCC1=C2C=CN=C2C[NH+]1c1c2c(cc3c(=O)cc(C)oc13)C[C@@H](OOC[C@@](O)(Cc1ccc(O)cc1)[C@@H](O)[C@H](O)[C@H](O)CO)C(C)(C)O2. The monoisotopic (exact) mass is 679 g/mol. The number of aliphatic imine (C=N–C) groups is 1. The van der Waals surface area contributed by atoms with Crippen LogP contribution in [0.3, 0.4) is 0 Å². The maximum Gasteiger partial charge on any atom is 0.222 e. The first kappa shape index (κ1) is 34.9. The number of phenols is 1. The Morgan fingerprint density at radius 1 is 1.16 bits per heavy atom. The molecular weight excluding hydrogens is 636 g/mol. The van der Waals surface area contributed by atoms with Crippen molar-refractivity contribution in [1.82, 2.24) is 0 Å². The highest BCUT2D eigenvalue weighted by atomic mass is 17.2. The third-order valence-corrected chi connectivity index (χ3v) is 9.58. The molecule has 0 radical (unpaired) electrons. The minimum absolute atomic E-state index is 0.00541. The van der Waals surface area contributed by atoms with E-state index in [0.717, 1.165) is 28.3 Å². The predicted molar refractivity (Wildman–Crippen MR) is 178 cm³/mol. The summed E-state index contributed by atoms with van der Waals surface area (Å²) in [5.74, 6) is 1.04. The van der Waals surface area contributed by atoms with Crippen LogP contribution in [0.25, 0.3) is 11.0 Å². The lowest BCUT2D eigenvalue weighted by Crippen LogP contribution is -3.04. The average Bonchev–Trinajstić information content (AvgIpc) is 3.65. The van der Waals surface area contributed by atoms with Crippen LogP contribution in [0.1, 0.15) is 44.1 Å². The zero-order chi connectivity index (χ0) is 35.2. The number of rotatable bonds is 12. The third-order valence-electron chi connectivity index (χ3n) is 9.58. The minimum atomic E-state index is -2.21. The maximum absolute atomic E-state index is 13.3. The first-order valence-electron chi connectivity index (χ1n) is 16.3. The number of phenolic OH excluding ortho intramolecular Hbond substituents is 1. The number of hydrogen-bond donors (Lipinski definition) is 7. The number of aliphatic hydroxyl groups excluding tert-OH is 4. The summed E-state index contributed by atoms with van der Waals surface area (Å²) in [5, 5.41) is 62.5. The molecule has 0 amide bonds. The Labute approximate surface area is 282 Å². The van der Waals surface area contributed by atoms with Gasteiger partial charge in [0.25, 0.3) is 0 Å². The maximum atomic E-state index is 13.3. The molecule has 1 unspecified atom stereocenters. The van der Waals surface area contributed by atoms with Gasteiger partial charge in [-0.25, -0.2) is 9.78 Å². The second kappa shape index (κ2) is 13.4. The number of aliphatic hydroxyl groups is 5. The van der Waals surface area contributed by atoms with Crippen molar-refractivity contribution in [3.63, 3.8) is 0 Å². The fraction of sp³-hybridized carbons (Fsp3) is 0.444. The van der Waals surface area contributed by atoms with Gasteiger partial charge in [0.2, 0.25) is 11.3 Å². The van der Waals surface area contributed by atoms with Crippen molar-refractivity contribution in [2.45, 2.75) is 82.6 Å². The van der Waals surface area contributed by atoms with Crippen LogP contribution in [0, 0.1) is 6.92 Å². The number of benzene rings is 2. The minimum Gasteiger partial charge on any atom is -0.508 e. The number of nitrogens with zero attached hydrogens (tertiary/aromatic N) is 1. The highest BCUT2D eigenvalue weighted by Crippen LogP contribution is 2.43. The second-order valence-electron chi connectivity index (χ2n) is 13.5. The molecule has 4 heterocycles. The van der Waals surface area contributed by atoms with Gasteiger partial charge in [-0.3, -0.25) is 14.7 Å². The van der Waals surface area contributed by atoms with Gasteiger partial charge in [-0.05, 0) is 50.6 Å². The molecule has 0 aliphatic carbocycles. The smallest absolute Gasteiger partial charge is 0.222 e. The summed E-state index contributed by atoms with van der Waals surface area (Å²) < 4.78 is 12.9. The van der Waals surface area contributed by atoms with Crippen LogP contribution in [-0.4, -0.2) is 91.7 Å². The Hall–Kier alpha value is -3.92. The highest BCUT2D eigenvalue weighted by molar-refractivity contribution is 6.07. The molecule has 0 fully saturated rings. The Kier molecular flexibility index (Phi) is 9.56. The summed E-state index contributed by atoms with van der Waals surface area (Å²) in [6.45, 7) is 6.50. The Balaban J connectivity index is 1.31. The topological polar surface area (TPSA) is 196 Å². The van der Waals surface area contributed by atoms with Crippen LogP contribution in [0.4, 0.5) is 5.69 Å². The molecule has 2 aromatic carbocycles. The molecule has 3 aliphatic rings. The summed E-state index contributed by atoms with van der Waals surface area (Å²) in [6.07, 6.45) is -1.89. The number of allylic oxidation sites excluding steroid dienone is 2. The molecule has 3 aliphatic heterocycles. The molecular formula is C36H43N2O11+. The molecule has 13 nitrogen and oxygen atoms in total. The van der Waals surface area contributed by atoms with Crippen molar-refractivity contribution < 1.29 is 54.5 Å². The molecule has 0 spiro atoms. The normalized spacial score (nSPS) is 22.7. The first-order valence-corrected chi connectivity index (χ1v) is 16.3. The van der Waals surface area contributed by atoms with Crippen LogP contribution < -0.4 is 15.1 Å². The summed E-state index contributed by atoms with van der Waals surface area (Å²) >= 11 is 0. The largest absolute Gasteiger partial charge is 0.508 e. The number of quaternary nitrogens is 1. The summed E-state index contributed by atoms with van der Waals surface area (Å²) in [5.41, 5.74) is 2.04. The van der Waals surface area contributed by atoms with Gasteiger partial charge >= 0.3 is 0 Å². The van der Waals surface area contributed by atoms with E-state index < -0.39 is 48.8 Å². The lowest BCUT2D eigenvalue weighted by Gasteiger charge is -2.40. The standard InChI is InChI=1S/C36H42N2O11/c1-5-26-23-10-11-37-25(23)16-38(26)30-32-21(13-24-27(41)12-19(2)47-33(24)30)14-29(35(3,4)48-32)49-46-18-36(45,34(44)31(43)28(42)17-39)15-20-6-8-22(40)9-7-20/h6-13,28-29,31,34,39-40,42-45H,5,14-18H2,1-4H3/p+1/t28-,29-,31-,34+,36+/m1/s1. The van der Waals surface area contributed by atoms with Crippen LogP contribution in [-0.2, 0) is 22.6 Å². The molecule has 49 heavy (non-hydrogen) atoms. The molecule has 6 atom stereocenters. The van der Waals surface area contributed by atoms with Crippen LogP contribution in [0.5, 0.6) is 11.5 Å². The number of fused-ring (bicyclic) bond motifs is 3. The van der Waals surface area contributed by atoms with Gasteiger partial charge in [0.15, 0.2) is 11.2 Å². The van der Waals surface area contributed by atoms with Crippen LogP contribution >= 0.6 is 0 Å². The van der Waals surface area contributed by atoms with Crippen LogP contribution in [0.15, 0.2) is 74.1 Å². The first-order chi connectivity index (χ1) is 23.3. The van der Waals surface area contributed by atoms with Gasteiger partial charge in [0, 0.05) is 37.1 Å². The highest BCUT2D eigenvalue weighted by Gasteiger charge is 2.47. The zero-order valence-electron chi connectivity index (χ0n) is 27.8. The number of aryl methyl sites for hydroxylation is 1. The molecule has 1 aromatic heterocycles. The van der Waals surface area contributed by atoms with Crippen LogP contribution in [0.2, 0.25) is 0 Å². The molecule has 0 saturated heterocycles. The van der Waals surface area contributed by atoms with Crippen molar-refractivity contribution in [2.75, 3.05) is 19.8 Å². The zero-order valence-corrected chi connectivity index (χ0v) is 27.8. The Bertz CT molecular complexity index is 1880. The van der Waals surface area contributed by atoms with Gasteiger partial charge in [-0.15, -0.1) is 0 Å². The van der Waals surface area contributed by atoms with Gasteiger partial charge in [-0.1, -0.05) is 19.1 Å². The third kappa shape index (κ3) is 6.56. The van der Waals surface area contributed by atoms with Crippen molar-refractivity contribution in [3.05, 3.63) is 87.1 Å². The number of nitrogens with one attached hydrogen (secondary N) is 1. The van der Waals surface area contributed by atoms with Crippen molar-refractivity contribution in [1.29, 1.82) is 0 Å². The van der Waals surface area contributed by atoms with E-state index in [1.165, 1.54) is 30.3 Å². The predicted octanol–water partition coefficient (Wildman–Crippen LogP) is 1.05. The van der Waals surface area contributed by atoms with E-state index in [1.807, 2.05) is 19.9 Å². The molecule has 3 aromatic rings. The Morgan fingerprint density at radius 2 is 1.90 bits per heavy atom. The van der Waals surface area contributed by atoms with E-state index >= 15 is 0 Å². The number of aromatic hydroxyl groups is 1. The lowest BCUT2D eigenvalue weighted by molar-refractivity contribution is -0.776. The molecule has 0 saturated carbocycles. The second-order valence-corrected chi connectivity index (χ2v) is 13.5. The van der Waals surface area contributed by atoms with E-state index in [9.17, 15) is 35.4 Å². The molecule has 6 rings (SSSR count). The average molecular weight is 680 g/mol. The molecule has 13 heteroatoms. The fourth-order valence-corrected chi connectivity index (χ4v) is 6.84. The summed E-state index contributed by atoms with van der Waals surface area (Å²) in [7, 11) is 0. The lowest BCUT2D eigenvalue weighted by atomic mass is 9.85. The van der Waals surface area contributed by atoms with E-state index in [0.29, 0.717) is 45.8 Å². The van der Waals surface area contributed by atoms with E-state index in [-0.39, 0.29) is 24.0 Å². The van der Waals surface area contributed by atoms with E-state index in [4.69, 9.17) is 18.9 Å². The quantitative estimate of drug-likeness (QED) is 0.107. The van der Waals surface area contributed by atoms with Crippen molar-refractivity contribution >= 4 is 22.4 Å². The summed E-state index contributed by atoms with van der Waals surface area (Å²) in [6, 6.07) is 9.04. The van der Waals surface area contributed by atoms with Crippen molar-refractivity contribution in [3.8, 4) is 11.5 Å². The van der Waals surface area contributed by atoms with Gasteiger partial charge < -0.3 is 39.8 Å².